The first-order valence-corrected chi connectivity index (χ1v) is 10.3. The van der Waals surface area contributed by atoms with Crippen LogP contribution in [0.4, 0.5) is 0 Å². The van der Waals surface area contributed by atoms with Crippen molar-refractivity contribution in [1.29, 1.82) is 0 Å². The summed E-state index contributed by atoms with van der Waals surface area (Å²) in [6.07, 6.45) is 0. The molecule has 1 heterocycles. The molecule has 4 aromatic rings. The van der Waals surface area contributed by atoms with E-state index in [9.17, 15) is 0 Å². The highest BCUT2D eigenvalue weighted by atomic mass is 79.9. The summed E-state index contributed by atoms with van der Waals surface area (Å²) in [4.78, 5) is 9.66. The monoisotopic (exact) mass is 494 g/mol. The van der Waals surface area contributed by atoms with E-state index in [0.29, 0.717) is 5.82 Å². The first kappa shape index (κ1) is 18.8. The molecule has 0 saturated heterocycles. The fourth-order valence-corrected chi connectivity index (χ4v) is 4.22. The highest BCUT2D eigenvalue weighted by molar-refractivity contribution is 9.11. The van der Waals surface area contributed by atoms with Crippen LogP contribution in [0.25, 0.3) is 33.9 Å². The molecular formula is C23H16Br2N2O. The molecule has 0 aliphatic heterocycles. The van der Waals surface area contributed by atoms with Crippen molar-refractivity contribution < 1.29 is 4.74 Å². The highest BCUT2D eigenvalue weighted by Gasteiger charge is 2.11. The number of aromatic nitrogens is 2. The summed E-state index contributed by atoms with van der Waals surface area (Å²) < 4.78 is 7.25. The molecule has 0 fully saturated rings. The van der Waals surface area contributed by atoms with Gasteiger partial charge in [0.1, 0.15) is 5.75 Å². The fourth-order valence-electron chi connectivity index (χ4n) is 2.92. The summed E-state index contributed by atoms with van der Waals surface area (Å²) in [6, 6.07) is 26.1. The minimum atomic E-state index is 0.694. The standard InChI is InChI=1S/C23H16Br2N2O/c1-28-20-9-7-15(8-10-20)21-14-22(17-11-18(24)13-19(25)12-17)27-23(26-21)16-5-3-2-4-6-16/h2-14H,1H3. The Hall–Kier alpha value is -2.50. The Bertz CT molecular complexity index is 1090. The maximum Gasteiger partial charge on any atom is 0.160 e. The molecule has 3 aromatic carbocycles. The summed E-state index contributed by atoms with van der Waals surface area (Å²) in [5.41, 5.74) is 4.73. The molecule has 1 aromatic heterocycles. The smallest absolute Gasteiger partial charge is 0.160 e. The van der Waals surface area contributed by atoms with Crippen LogP contribution >= 0.6 is 31.9 Å². The number of rotatable bonds is 4. The molecule has 0 saturated carbocycles. The van der Waals surface area contributed by atoms with Crippen LogP contribution in [0, 0.1) is 0 Å². The van der Waals surface area contributed by atoms with Crippen molar-refractivity contribution in [3.63, 3.8) is 0 Å². The van der Waals surface area contributed by atoms with Crippen molar-refractivity contribution in [2.75, 3.05) is 7.11 Å². The van der Waals surface area contributed by atoms with Crippen LogP contribution in [0.1, 0.15) is 0 Å². The second kappa shape index (κ2) is 8.25. The van der Waals surface area contributed by atoms with Crippen molar-refractivity contribution in [3.05, 3.63) is 87.8 Å². The van der Waals surface area contributed by atoms with Gasteiger partial charge >= 0.3 is 0 Å². The molecule has 0 atom stereocenters. The van der Waals surface area contributed by atoms with E-state index in [0.717, 1.165) is 42.8 Å². The average molecular weight is 496 g/mol. The van der Waals surface area contributed by atoms with E-state index >= 15 is 0 Å². The third-order valence-corrected chi connectivity index (χ3v) is 5.22. The zero-order valence-corrected chi connectivity index (χ0v) is 18.2. The van der Waals surface area contributed by atoms with Crippen molar-refractivity contribution in [2.45, 2.75) is 0 Å². The Balaban J connectivity index is 1.90. The van der Waals surface area contributed by atoms with Crippen LogP contribution < -0.4 is 4.74 Å². The summed E-state index contributed by atoms with van der Waals surface area (Å²) in [5.74, 6) is 1.51. The van der Waals surface area contributed by atoms with Gasteiger partial charge in [0.05, 0.1) is 18.5 Å². The predicted octanol–water partition coefficient (Wildman–Crippen LogP) is 7.01. The van der Waals surface area contributed by atoms with Crippen LogP contribution in [0.3, 0.4) is 0 Å². The second-order valence-corrected chi connectivity index (χ2v) is 8.05. The lowest BCUT2D eigenvalue weighted by atomic mass is 10.1. The predicted molar refractivity (Wildman–Crippen MR) is 120 cm³/mol. The van der Waals surface area contributed by atoms with Crippen molar-refractivity contribution in [2.24, 2.45) is 0 Å². The van der Waals surface area contributed by atoms with Crippen LogP contribution in [0.15, 0.2) is 87.8 Å². The number of hydrogen-bond acceptors (Lipinski definition) is 3. The largest absolute Gasteiger partial charge is 0.497 e. The maximum atomic E-state index is 5.27. The first-order valence-electron chi connectivity index (χ1n) is 8.68. The Morgan fingerprint density at radius 3 is 1.86 bits per heavy atom. The molecule has 0 N–H and O–H groups in total. The normalized spacial score (nSPS) is 10.7. The number of ether oxygens (including phenoxy) is 1. The third kappa shape index (κ3) is 4.16. The van der Waals surface area contributed by atoms with Gasteiger partial charge in [0.15, 0.2) is 5.82 Å². The average Bonchev–Trinajstić information content (AvgIpc) is 2.73. The van der Waals surface area contributed by atoms with Gasteiger partial charge in [-0.2, -0.15) is 0 Å². The van der Waals surface area contributed by atoms with Crippen molar-refractivity contribution in [3.8, 4) is 39.7 Å². The summed E-state index contributed by atoms with van der Waals surface area (Å²) >= 11 is 7.13. The van der Waals surface area contributed by atoms with Crippen molar-refractivity contribution in [1.82, 2.24) is 9.97 Å². The lowest BCUT2D eigenvalue weighted by Gasteiger charge is -2.10. The molecule has 0 spiro atoms. The molecule has 0 aliphatic rings. The number of hydrogen-bond donors (Lipinski definition) is 0. The molecule has 4 rings (SSSR count). The Morgan fingerprint density at radius 2 is 1.25 bits per heavy atom. The van der Waals surface area contributed by atoms with E-state index in [1.165, 1.54) is 0 Å². The molecule has 5 heteroatoms. The number of halogens is 2. The Labute approximate surface area is 180 Å². The number of nitrogens with zero attached hydrogens (tertiary/aromatic N) is 2. The van der Waals surface area contributed by atoms with E-state index in [1.54, 1.807) is 7.11 Å². The summed E-state index contributed by atoms with van der Waals surface area (Å²) in [6.45, 7) is 0. The van der Waals surface area contributed by atoms with E-state index in [1.807, 2.05) is 66.7 Å². The Kier molecular flexibility index (Phi) is 5.55. The van der Waals surface area contributed by atoms with E-state index in [2.05, 4.69) is 44.0 Å². The minimum Gasteiger partial charge on any atom is -0.497 e. The topological polar surface area (TPSA) is 35.0 Å². The third-order valence-electron chi connectivity index (χ3n) is 4.30. The van der Waals surface area contributed by atoms with Gasteiger partial charge in [-0.1, -0.05) is 62.2 Å². The van der Waals surface area contributed by atoms with Gasteiger partial charge in [0.2, 0.25) is 0 Å². The van der Waals surface area contributed by atoms with Gasteiger partial charge in [-0.3, -0.25) is 0 Å². The van der Waals surface area contributed by atoms with Gasteiger partial charge in [0, 0.05) is 25.6 Å². The number of methoxy groups -OCH3 is 1. The molecule has 0 bridgehead atoms. The molecule has 0 unspecified atom stereocenters. The van der Waals surface area contributed by atoms with Gasteiger partial charge in [-0.15, -0.1) is 0 Å². The zero-order valence-electron chi connectivity index (χ0n) is 15.1. The molecule has 0 radical (unpaired) electrons. The van der Waals surface area contributed by atoms with Crippen LogP contribution in [0.2, 0.25) is 0 Å². The zero-order chi connectivity index (χ0) is 19.5. The Morgan fingerprint density at radius 1 is 0.643 bits per heavy atom. The van der Waals surface area contributed by atoms with Crippen LogP contribution in [-0.4, -0.2) is 17.1 Å². The molecule has 3 nitrogen and oxygen atoms in total. The lowest BCUT2D eigenvalue weighted by molar-refractivity contribution is 0.415. The maximum absolute atomic E-state index is 5.27. The SMILES string of the molecule is COc1ccc(-c2cc(-c3cc(Br)cc(Br)c3)nc(-c3ccccc3)n2)cc1. The molecule has 28 heavy (non-hydrogen) atoms. The first-order chi connectivity index (χ1) is 13.6. The summed E-state index contributed by atoms with van der Waals surface area (Å²) in [5, 5.41) is 0. The second-order valence-electron chi connectivity index (χ2n) is 6.21. The van der Waals surface area contributed by atoms with E-state index in [4.69, 9.17) is 14.7 Å². The van der Waals surface area contributed by atoms with Gasteiger partial charge in [-0.05, 0) is 48.5 Å². The summed E-state index contributed by atoms with van der Waals surface area (Å²) in [7, 11) is 1.66. The molecule has 138 valence electrons. The van der Waals surface area contributed by atoms with E-state index < -0.39 is 0 Å². The van der Waals surface area contributed by atoms with Gasteiger partial charge in [-0.25, -0.2) is 9.97 Å². The fraction of sp³-hybridized carbons (Fsp3) is 0.0435. The van der Waals surface area contributed by atoms with E-state index in [-0.39, 0.29) is 0 Å². The molecule has 0 amide bonds. The van der Waals surface area contributed by atoms with Crippen LogP contribution in [0.5, 0.6) is 5.75 Å². The van der Waals surface area contributed by atoms with Gasteiger partial charge < -0.3 is 4.74 Å². The van der Waals surface area contributed by atoms with Crippen molar-refractivity contribution >= 4 is 31.9 Å². The van der Waals surface area contributed by atoms with Gasteiger partial charge in [0.25, 0.3) is 0 Å². The van der Waals surface area contributed by atoms with Crippen LogP contribution in [-0.2, 0) is 0 Å². The highest BCUT2D eigenvalue weighted by Crippen LogP contribution is 2.31. The molecular weight excluding hydrogens is 480 g/mol. The quantitative estimate of drug-likeness (QED) is 0.305. The lowest BCUT2D eigenvalue weighted by Crippen LogP contribution is -1.96. The number of benzene rings is 3. The minimum absolute atomic E-state index is 0.694. The molecule has 0 aliphatic carbocycles.